The van der Waals surface area contributed by atoms with Crippen molar-refractivity contribution in [2.24, 2.45) is 0 Å². The molecule has 1 N–H and O–H groups in total. The largest absolute Gasteiger partial charge is 0.321 e. The fourth-order valence-electron chi connectivity index (χ4n) is 1.43. The van der Waals surface area contributed by atoms with E-state index in [0.717, 1.165) is 9.35 Å². The third-order valence-corrected chi connectivity index (χ3v) is 3.98. The Morgan fingerprint density at radius 2 is 2.10 bits per heavy atom. The zero-order valence-corrected chi connectivity index (χ0v) is 12.5. The summed E-state index contributed by atoms with van der Waals surface area (Å²) >= 11 is 4.72. The Morgan fingerprint density at radius 1 is 1.40 bits per heavy atom. The lowest BCUT2D eigenvalue weighted by Crippen LogP contribution is -2.13. The van der Waals surface area contributed by atoms with E-state index >= 15 is 0 Å². The van der Waals surface area contributed by atoms with E-state index in [-0.39, 0.29) is 11.4 Å². The predicted octanol–water partition coefficient (Wildman–Crippen LogP) is 4.20. The Bertz CT molecular complexity index is 701. The van der Waals surface area contributed by atoms with Crippen LogP contribution in [-0.2, 0) is 4.79 Å². The van der Waals surface area contributed by atoms with Crippen molar-refractivity contribution in [2.75, 3.05) is 5.32 Å². The van der Waals surface area contributed by atoms with Crippen LogP contribution in [-0.4, -0.2) is 5.91 Å². The second-order valence-corrected chi connectivity index (χ2v) is 5.66. The Morgan fingerprint density at radius 3 is 2.65 bits per heavy atom. The van der Waals surface area contributed by atoms with Crippen LogP contribution in [0.25, 0.3) is 6.08 Å². The van der Waals surface area contributed by atoms with E-state index in [1.165, 1.54) is 41.7 Å². The lowest BCUT2D eigenvalue weighted by atomic mass is 10.2. The number of carbonyl (C=O) groups excluding carboxylic acids is 1. The van der Waals surface area contributed by atoms with E-state index in [1.54, 1.807) is 0 Å². The second kappa shape index (κ2) is 6.46. The van der Waals surface area contributed by atoms with Gasteiger partial charge in [-0.3, -0.25) is 4.79 Å². The highest BCUT2D eigenvalue weighted by atomic mass is 79.9. The van der Waals surface area contributed by atoms with Gasteiger partial charge >= 0.3 is 0 Å². The molecule has 3 nitrogen and oxygen atoms in total. The molecule has 0 unspecified atom stereocenters. The lowest BCUT2D eigenvalue weighted by Gasteiger charge is -2.03. The average Bonchev–Trinajstić information content (AvgIpc) is 2.84. The molecule has 0 aliphatic carbocycles. The summed E-state index contributed by atoms with van der Waals surface area (Å²) in [5.74, 6) is -0.911. The highest BCUT2D eigenvalue weighted by Gasteiger charge is 2.10. The smallest absolute Gasteiger partial charge is 0.266 e. The fraction of sp³-hybridized carbons (Fsp3) is 0. The first kappa shape index (κ1) is 14.4. The van der Waals surface area contributed by atoms with Gasteiger partial charge in [0.1, 0.15) is 17.5 Å². The standard InChI is InChI=1S/C14H8BrFN2OS/c15-10-6-13(20-8-10)5-9(7-17)14(19)18-12-3-1-11(16)2-4-12/h1-6,8H,(H,18,19)/b9-5-. The maximum atomic E-state index is 12.8. The molecule has 6 heteroatoms. The van der Waals surface area contributed by atoms with Gasteiger partial charge < -0.3 is 5.32 Å². The quantitative estimate of drug-likeness (QED) is 0.666. The molecule has 20 heavy (non-hydrogen) atoms. The number of thiophene rings is 1. The van der Waals surface area contributed by atoms with Crippen molar-refractivity contribution in [2.45, 2.75) is 0 Å². The van der Waals surface area contributed by atoms with Gasteiger partial charge in [-0.15, -0.1) is 11.3 Å². The number of hydrogen-bond donors (Lipinski definition) is 1. The zero-order valence-electron chi connectivity index (χ0n) is 10.1. The molecular weight excluding hydrogens is 343 g/mol. The summed E-state index contributed by atoms with van der Waals surface area (Å²) in [6.45, 7) is 0. The second-order valence-electron chi connectivity index (χ2n) is 3.80. The summed E-state index contributed by atoms with van der Waals surface area (Å²) in [7, 11) is 0. The third-order valence-electron chi connectivity index (χ3n) is 2.34. The van der Waals surface area contributed by atoms with Crippen molar-refractivity contribution in [3.63, 3.8) is 0 Å². The van der Waals surface area contributed by atoms with Crippen LogP contribution in [0.5, 0.6) is 0 Å². The molecule has 1 heterocycles. The van der Waals surface area contributed by atoms with Crippen LogP contribution in [0.3, 0.4) is 0 Å². The summed E-state index contributed by atoms with van der Waals surface area (Å²) in [4.78, 5) is 12.7. The molecule has 1 aromatic carbocycles. The molecule has 2 rings (SSSR count). The molecule has 0 spiro atoms. The van der Waals surface area contributed by atoms with E-state index in [1.807, 2.05) is 17.5 Å². The topological polar surface area (TPSA) is 52.9 Å². The van der Waals surface area contributed by atoms with E-state index in [0.29, 0.717) is 5.69 Å². The van der Waals surface area contributed by atoms with Gasteiger partial charge in [0, 0.05) is 20.4 Å². The molecule has 0 aliphatic rings. The van der Waals surface area contributed by atoms with Crippen LogP contribution in [0.15, 0.2) is 45.8 Å². The predicted molar refractivity (Wildman–Crippen MR) is 80.6 cm³/mol. The van der Waals surface area contributed by atoms with Gasteiger partial charge in [0.05, 0.1) is 0 Å². The van der Waals surface area contributed by atoms with Gasteiger partial charge in [-0.05, 0) is 52.3 Å². The number of benzene rings is 1. The first-order chi connectivity index (χ1) is 9.58. The molecule has 100 valence electrons. The normalized spacial score (nSPS) is 10.9. The number of nitrogens with one attached hydrogen (secondary N) is 1. The molecule has 0 atom stereocenters. The molecule has 0 saturated carbocycles. The van der Waals surface area contributed by atoms with Crippen molar-refractivity contribution >= 4 is 44.9 Å². The van der Waals surface area contributed by atoms with Gasteiger partial charge in [-0.2, -0.15) is 5.26 Å². The number of halogens is 2. The highest BCUT2D eigenvalue weighted by molar-refractivity contribution is 9.10. The minimum atomic E-state index is -0.524. The van der Waals surface area contributed by atoms with E-state index in [4.69, 9.17) is 5.26 Å². The summed E-state index contributed by atoms with van der Waals surface area (Å²) in [5, 5.41) is 13.4. The van der Waals surface area contributed by atoms with Gasteiger partial charge in [-0.1, -0.05) is 0 Å². The van der Waals surface area contributed by atoms with Crippen molar-refractivity contribution in [1.82, 2.24) is 0 Å². The van der Waals surface area contributed by atoms with Crippen molar-refractivity contribution in [1.29, 1.82) is 5.26 Å². The summed E-state index contributed by atoms with van der Waals surface area (Å²) in [6.07, 6.45) is 1.51. The van der Waals surface area contributed by atoms with Crippen LogP contribution in [0.1, 0.15) is 4.88 Å². The van der Waals surface area contributed by atoms with Crippen molar-refractivity contribution < 1.29 is 9.18 Å². The summed E-state index contributed by atoms with van der Waals surface area (Å²) in [6, 6.07) is 9.01. The van der Waals surface area contributed by atoms with Gasteiger partial charge in [0.2, 0.25) is 0 Å². The summed E-state index contributed by atoms with van der Waals surface area (Å²) in [5.41, 5.74) is 0.425. The third kappa shape index (κ3) is 3.76. The van der Waals surface area contributed by atoms with E-state index < -0.39 is 5.91 Å². The molecule has 0 radical (unpaired) electrons. The highest BCUT2D eigenvalue weighted by Crippen LogP contribution is 2.22. The molecule has 0 saturated heterocycles. The maximum Gasteiger partial charge on any atom is 0.266 e. The number of amides is 1. The molecule has 2 aromatic rings. The molecule has 1 amide bonds. The number of nitrogens with zero attached hydrogens (tertiary/aromatic N) is 1. The Kier molecular flexibility index (Phi) is 4.66. The first-order valence-electron chi connectivity index (χ1n) is 5.51. The number of rotatable bonds is 3. The molecule has 0 aliphatic heterocycles. The van der Waals surface area contributed by atoms with Crippen molar-refractivity contribution in [3.05, 3.63) is 56.5 Å². The van der Waals surface area contributed by atoms with Crippen LogP contribution in [0.4, 0.5) is 10.1 Å². The van der Waals surface area contributed by atoms with Crippen LogP contribution < -0.4 is 5.32 Å². The Hall–Kier alpha value is -1.97. The maximum absolute atomic E-state index is 12.8. The number of nitriles is 1. The van der Waals surface area contributed by atoms with Gasteiger partial charge in [-0.25, -0.2) is 4.39 Å². The lowest BCUT2D eigenvalue weighted by molar-refractivity contribution is -0.112. The van der Waals surface area contributed by atoms with Crippen LogP contribution in [0.2, 0.25) is 0 Å². The Balaban J connectivity index is 2.16. The molecule has 0 fully saturated rings. The Labute approximate surface area is 127 Å². The SMILES string of the molecule is N#C/C(=C/c1cc(Br)cs1)C(=O)Nc1ccc(F)cc1. The minimum absolute atomic E-state index is 0.0105. The van der Waals surface area contributed by atoms with Crippen LogP contribution >= 0.6 is 27.3 Å². The zero-order chi connectivity index (χ0) is 14.5. The van der Waals surface area contributed by atoms with E-state index in [2.05, 4.69) is 21.2 Å². The number of hydrogen-bond acceptors (Lipinski definition) is 3. The summed E-state index contributed by atoms with van der Waals surface area (Å²) < 4.78 is 13.7. The molecule has 1 aromatic heterocycles. The molecular formula is C14H8BrFN2OS. The van der Waals surface area contributed by atoms with Gasteiger partial charge in [0.15, 0.2) is 0 Å². The van der Waals surface area contributed by atoms with E-state index in [9.17, 15) is 9.18 Å². The molecule has 0 bridgehead atoms. The van der Waals surface area contributed by atoms with Crippen molar-refractivity contribution in [3.8, 4) is 6.07 Å². The average molecular weight is 351 g/mol. The first-order valence-corrected chi connectivity index (χ1v) is 7.18. The monoisotopic (exact) mass is 350 g/mol. The minimum Gasteiger partial charge on any atom is -0.321 e. The van der Waals surface area contributed by atoms with Crippen LogP contribution in [0, 0.1) is 17.1 Å². The van der Waals surface area contributed by atoms with Gasteiger partial charge in [0.25, 0.3) is 5.91 Å². The fourth-order valence-corrected chi connectivity index (χ4v) is 2.80. The number of carbonyl (C=O) groups is 1. The number of anilines is 1.